The maximum atomic E-state index is 15.3. The zero-order valence-corrected chi connectivity index (χ0v) is 35.9. The lowest BCUT2D eigenvalue weighted by Gasteiger charge is -2.25. The Morgan fingerprint density at radius 3 is 2.49 bits per heavy atom. The predicted octanol–water partition coefficient (Wildman–Crippen LogP) is 8.87. The molecule has 2 unspecified atom stereocenters. The number of anilines is 1. The summed E-state index contributed by atoms with van der Waals surface area (Å²) >= 11 is 0. The molecule has 12 heteroatoms. The third kappa shape index (κ3) is 14.6. The minimum atomic E-state index is -0.539. The summed E-state index contributed by atoms with van der Waals surface area (Å²) in [6.45, 7) is 20.0. The second kappa shape index (κ2) is 24.1. The fourth-order valence-corrected chi connectivity index (χ4v) is 6.45. The second-order valence-corrected chi connectivity index (χ2v) is 14.8. The standard InChI is InChI=1S/C32H41FN6O2.C9H15NO.C4H11N/c1-7-10-11-13-38-19-21(4)20-40-29-16-23(6)30(37-32(29)38)31(34)36-27-15-22(5)28(18-26(27)33)41-25-12-14-39(35-9-3)24(8-2)17-25;1-8(11)5-6-9-4-3-7-10(9)2;1-2-3-4-5/h8-9,12,14-18,21H,7,10-11,13,19-20H2,1-6H3,(H2,34,36);5-6,9H,3-4,7H2,1-2H3;2-5H2,1H3/b24-8?,35-9-;6-5+;. The van der Waals surface area contributed by atoms with Gasteiger partial charge in [0.15, 0.2) is 29.0 Å². The lowest BCUT2D eigenvalue weighted by molar-refractivity contribution is -0.112. The number of hydrogen-bond acceptors (Lipinski definition) is 10. The van der Waals surface area contributed by atoms with Crippen molar-refractivity contribution in [3.05, 3.63) is 88.9 Å². The van der Waals surface area contributed by atoms with Crippen molar-refractivity contribution in [3.63, 3.8) is 0 Å². The van der Waals surface area contributed by atoms with Crippen LogP contribution in [0.5, 0.6) is 11.5 Å². The molecule has 2 atom stereocenters. The van der Waals surface area contributed by atoms with Crippen LogP contribution in [0.4, 0.5) is 15.9 Å². The number of halogens is 1. The lowest BCUT2D eigenvalue weighted by Crippen LogP contribution is -2.30. The van der Waals surface area contributed by atoms with Crippen molar-refractivity contribution in [2.24, 2.45) is 27.5 Å². The molecule has 0 aliphatic carbocycles. The Hall–Kier alpha value is -4.81. The molecule has 4 N–H and O–H groups in total. The molecule has 4 heterocycles. The van der Waals surface area contributed by atoms with Crippen LogP contribution in [0.2, 0.25) is 0 Å². The topological polar surface area (TPSA) is 135 Å². The largest absolute Gasteiger partial charge is 0.489 e. The fraction of sp³-hybridized carbons (Fsp3) is 0.511. The number of likely N-dealkylation sites (N-methyl/N-ethyl adjacent to an activating group) is 1. The van der Waals surface area contributed by atoms with Crippen molar-refractivity contribution < 1.29 is 18.7 Å². The van der Waals surface area contributed by atoms with E-state index < -0.39 is 5.82 Å². The number of allylic oxidation sites excluding steroid dienone is 4. The average molecular weight is 787 g/mol. The zero-order valence-electron chi connectivity index (χ0n) is 35.9. The quantitative estimate of drug-likeness (QED) is 0.0884. The summed E-state index contributed by atoms with van der Waals surface area (Å²) in [7, 11) is 2.10. The molecule has 0 bridgehead atoms. The molecular formula is C45H67FN8O3. The summed E-state index contributed by atoms with van der Waals surface area (Å²) in [5.41, 5.74) is 14.6. The van der Waals surface area contributed by atoms with Gasteiger partial charge in [0.2, 0.25) is 0 Å². The van der Waals surface area contributed by atoms with Gasteiger partial charge in [0.25, 0.3) is 0 Å². The highest BCUT2D eigenvalue weighted by Crippen LogP contribution is 2.34. The van der Waals surface area contributed by atoms with E-state index in [0.29, 0.717) is 35.8 Å². The van der Waals surface area contributed by atoms with Crippen molar-refractivity contribution in [1.29, 1.82) is 0 Å². The van der Waals surface area contributed by atoms with Gasteiger partial charge in [-0.2, -0.15) is 5.10 Å². The predicted molar refractivity (Wildman–Crippen MR) is 234 cm³/mol. The van der Waals surface area contributed by atoms with Gasteiger partial charge in [-0.1, -0.05) is 52.2 Å². The molecule has 312 valence electrons. The molecule has 11 nitrogen and oxygen atoms in total. The number of ether oxygens (including phenoxy) is 2. The van der Waals surface area contributed by atoms with Crippen LogP contribution in [0, 0.1) is 25.6 Å². The molecular weight excluding hydrogens is 720 g/mol. The van der Waals surface area contributed by atoms with Crippen LogP contribution in [0.1, 0.15) is 103 Å². The Morgan fingerprint density at radius 1 is 1.12 bits per heavy atom. The van der Waals surface area contributed by atoms with Gasteiger partial charge in [-0.05, 0) is 116 Å². The maximum Gasteiger partial charge on any atom is 0.172 e. The number of nitrogens with zero attached hydrogens (tertiary/aromatic N) is 6. The number of benzene rings is 1. The summed E-state index contributed by atoms with van der Waals surface area (Å²) in [5.74, 6) is 2.61. The minimum Gasteiger partial charge on any atom is -0.489 e. The first-order valence-electron chi connectivity index (χ1n) is 20.5. The molecule has 0 spiro atoms. The number of fused-ring (bicyclic) bond motifs is 1. The first-order valence-corrected chi connectivity index (χ1v) is 20.5. The van der Waals surface area contributed by atoms with E-state index in [2.05, 4.69) is 47.7 Å². The number of ketones is 1. The number of rotatable bonds is 13. The Morgan fingerprint density at radius 2 is 1.88 bits per heavy atom. The highest BCUT2D eigenvalue weighted by atomic mass is 19.1. The molecule has 2 aromatic rings. The van der Waals surface area contributed by atoms with E-state index >= 15 is 4.39 Å². The normalized spacial score (nSPS) is 19.1. The van der Waals surface area contributed by atoms with Gasteiger partial charge in [-0.15, -0.1) is 0 Å². The number of aryl methyl sites for hydroxylation is 2. The Bertz CT molecular complexity index is 1800. The van der Waals surface area contributed by atoms with E-state index in [0.717, 1.165) is 73.8 Å². The first kappa shape index (κ1) is 46.6. The number of amidine groups is 1. The van der Waals surface area contributed by atoms with E-state index in [1.807, 2.05) is 52.0 Å². The van der Waals surface area contributed by atoms with Gasteiger partial charge in [-0.25, -0.2) is 19.4 Å². The van der Waals surface area contributed by atoms with Crippen LogP contribution in [0.25, 0.3) is 0 Å². The third-order valence-corrected chi connectivity index (χ3v) is 9.66. The SMILES string of the molecule is CC(=O)/C=C/C1CCCN1C.CC=C1C=C(Oc2cc(F)c(N=C(N)c3nc4c(cc3C)OCC(C)CN4CCCCC)cc2C)C=CN1/N=C\C.CCCCN. The van der Waals surface area contributed by atoms with Crippen molar-refractivity contribution in [1.82, 2.24) is 14.9 Å². The number of nitrogens with two attached hydrogens (primary N) is 2. The number of unbranched alkanes of at least 4 members (excludes halogenated alkanes) is 3. The number of aromatic nitrogens is 1. The summed E-state index contributed by atoms with van der Waals surface area (Å²) in [6, 6.07) is 5.43. The van der Waals surface area contributed by atoms with Crippen LogP contribution in [-0.2, 0) is 4.79 Å². The number of carbonyl (C=O) groups is 1. The highest BCUT2D eigenvalue weighted by Gasteiger charge is 2.24. The smallest absolute Gasteiger partial charge is 0.172 e. The molecule has 1 aromatic carbocycles. The summed E-state index contributed by atoms with van der Waals surface area (Å²) in [5, 5.41) is 6.02. The Balaban J connectivity index is 0.000000452. The van der Waals surface area contributed by atoms with Crippen LogP contribution in [-0.4, -0.2) is 78.6 Å². The van der Waals surface area contributed by atoms with E-state index in [1.165, 1.54) is 31.7 Å². The summed E-state index contributed by atoms with van der Waals surface area (Å²) < 4.78 is 27.4. The Labute approximate surface area is 341 Å². The molecule has 1 fully saturated rings. The minimum absolute atomic E-state index is 0.124. The maximum absolute atomic E-state index is 15.3. The molecule has 3 aliphatic rings. The van der Waals surface area contributed by atoms with E-state index in [4.69, 9.17) is 25.9 Å². The van der Waals surface area contributed by atoms with E-state index in [9.17, 15) is 4.79 Å². The number of hydrogen-bond donors (Lipinski definition) is 2. The van der Waals surface area contributed by atoms with E-state index in [-0.39, 0.29) is 17.3 Å². The second-order valence-electron chi connectivity index (χ2n) is 14.8. The average Bonchev–Trinajstić information content (AvgIpc) is 3.53. The van der Waals surface area contributed by atoms with Crippen LogP contribution in [0.15, 0.2) is 76.3 Å². The third-order valence-electron chi connectivity index (χ3n) is 9.66. The number of carbonyl (C=O) groups excluding carboxylic acids is 1. The van der Waals surface area contributed by atoms with Gasteiger partial charge < -0.3 is 25.8 Å². The van der Waals surface area contributed by atoms with Gasteiger partial charge in [-0.3, -0.25) is 9.69 Å². The molecule has 3 aliphatic heterocycles. The number of aliphatic imine (C=N–C) groups is 1. The molecule has 0 amide bonds. The molecule has 57 heavy (non-hydrogen) atoms. The fourth-order valence-electron chi connectivity index (χ4n) is 6.45. The number of pyridine rings is 1. The van der Waals surface area contributed by atoms with Crippen LogP contribution >= 0.6 is 0 Å². The van der Waals surface area contributed by atoms with Crippen molar-refractivity contribution in [2.45, 2.75) is 106 Å². The molecule has 1 aromatic heterocycles. The molecule has 1 saturated heterocycles. The number of hydrazone groups is 1. The summed E-state index contributed by atoms with van der Waals surface area (Å²) in [6.07, 6.45) is 20.9. The van der Waals surface area contributed by atoms with Crippen LogP contribution in [0.3, 0.4) is 0 Å². The first-order chi connectivity index (χ1) is 27.3. The summed E-state index contributed by atoms with van der Waals surface area (Å²) in [4.78, 5) is 24.5. The Kier molecular flexibility index (Phi) is 19.7. The van der Waals surface area contributed by atoms with Crippen LogP contribution < -0.4 is 25.8 Å². The number of likely N-dealkylation sites (tertiary alicyclic amines) is 1. The van der Waals surface area contributed by atoms with Crippen molar-refractivity contribution in [3.8, 4) is 11.5 Å². The van der Waals surface area contributed by atoms with Gasteiger partial charge in [0.1, 0.15) is 22.9 Å². The van der Waals surface area contributed by atoms with Crippen molar-refractivity contribution >= 4 is 29.3 Å². The van der Waals surface area contributed by atoms with Crippen molar-refractivity contribution in [2.75, 3.05) is 44.7 Å². The molecule has 0 radical (unpaired) electrons. The monoisotopic (exact) mass is 787 g/mol. The molecule has 5 rings (SSSR count). The zero-order chi connectivity index (χ0) is 41.9. The van der Waals surface area contributed by atoms with Gasteiger partial charge in [0, 0.05) is 49.6 Å². The highest BCUT2D eigenvalue weighted by molar-refractivity contribution is 5.99. The molecule has 0 saturated carbocycles. The van der Waals surface area contributed by atoms with E-state index in [1.54, 1.807) is 42.6 Å². The lowest BCUT2D eigenvalue weighted by atomic mass is 10.1. The van der Waals surface area contributed by atoms with Gasteiger partial charge >= 0.3 is 0 Å². The van der Waals surface area contributed by atoms with Gasteiger partial charge in [0.05, 0.1) is 12.3 Å².